The van der Waals surface area contributed by atoms with Crippen LogP contribution in [0.1, 0.15) is 18.1 Å². The molecule has 2 amide bonds. The van der Waals surface area contributed by atoms with Crippen LogP contribution in [0.25, 0.3) is 0 Å². The molecule has 0 unspecified atom stereocenters. The fraction of sp³-hybridized carbons (Fsp3) is 0.211. The Bertz CT molecular complexity index is 856. The Kier molecular flexibility index (Phi) is 7.64. The molecule has 0 aromatic heterocycles. The fourth-order valence-electron chi connectivity index (χ4n) is 2.07. The minimum absolute atomic E-state index is 0.230. The predicted molar refractivity (Wildman–Crippen MR) is 106 cm³/mol. The lowest BCUT2D eigenvalue weighted by Crippen LogP contribution is -2.41. The van der Waals surface area contributed by atoms with Crippen LogP contribution in [0.5, 0.6) is 5.75 Å². The molecule has 0 radical (unpaired) electrons. The number of ether oxygens (including phenoxy) is 1. The lowest BCUT2D eigenvalue weighted by atomic mass is 10.1. The first-order chi connectivity index (χ1) is 12.9. The minimum Gasteiger partial charge on any atom is -0.479 e. The van der Waals surface area contributed by atoms with Crippen molar-refractivity contribution in [2.75, 3.05) is 6.54 Å². The van der Waals surface area contributed by atoms with Crippen LogP contribution >= 0.6 is 23.2 Å². The van der Waals surface area contributed by atoms with Gasteiger partial charge >= 0.3 is 0 Å². The topological polar surface area (TPSA) is 79.8 Å². The summed E-state index contributed by atoms with van der Waals surface area (Å²) in [5.74, 6) is -0.583. The molecule has 0 aliphatic heterocycles. The van der Waals surface area contributed by atoms with Gasteiger partial charge in [-0.15, -0.1) is 0 Å². The molecule has 27 heavy (non-hydrogen) atoms. The first-order valence-corrected chi connectivity index (χ1v) is 8.89. The predicted octanol–water partition coefficient (Wildman–Crippen LogP) is 3.34. The van der Waals surface area contributed by atoms with Crippen LogP contribution in [0.2, 0.25) is 10.0 Å². The Morgan fingerprint density at radius 3 is 2.67 bits per heavy atom. The molecular formula is C19H19Cl2N3O3. The van der Waals surface area contributed by atoms with Crippen molar-refractivity contribution in [2.45, 2.75) is 20.0 Å². The molecular weight excluding hydrogens is 389 g/mol. The molecule has 2 rings (SSSR count). The number of halogens is 2. The van der Waals surface area contributed by atoms with Gasteiger partial charge in [0, 0.05) is 5.02 Å². The van der Waals surface area contributed by atoms with E-state index in [9.17, 15) is 9.59 Å². The van der Waals surface area contributed by atoms with Gasteiger partial charge in [0.2, 0.25) is 0 Å². The highest BCUT2D eigenvalue weighted by atomic mass is 35.5. The van der Waals surface area contributed by atoms with E-state index in [-0.39, 0.29) is 6.54 Å². The molecule has 2 aromatic carbocycles. The van der Waals surface area contributed by atoms with Crippen molar-refractivity contribution in [1.29, 1.82) is 0 Å². The number of rotatable bonds is 7. The van der Waals surface area contributed by atoms with Crippen molar-refractivity contribution in [3.63, 3.8) is 0 Å². The van der Waals surface area contributed by atoms with Crippen molar-refractivity contribution in [2.24, 2.45) is 5.10 Å². The van der Waals surface area contributed by atoms with Crippen LogP contribution in [0.3, 0.4) is 0 Å². The highest BCUT2D eigenvalue weighted by Crippen LogP contribution is 2.28. The van der Waals surface area contributed by atoms with Gasteiger partial charge in [-0.05, 0) is 43.2 Å². The first-order valence-electron chi connectivity index (χ1n) is 8.14. The lowest BCUT2D eigenvalue weighted by Gasteiger charge is -2.15. The number of hydrogen-bond donors (Lipinski definition) is 2. The summed E-state index contributed by atoms with van der Waals surface area (Å²) < 4.78 is 5.48. The van der Waals surface area contributed by atoms with Crippen LogP contribution in [-0.2, 0) is 9.59 Å². The van der Waals surface area contributed by atoms with E-state index < -0.39 is 17.9 Å². The molecule has 0 fully saturated rings. The lowest BCUT2D eigenvalue weighted by molar-refractivity contribution is -0.130. The van der Waals surface area contributed by atoms with E-state index in [2.05, 4.69) is 15.8 Å². The normalized spacial score (nSPS) is 11.9. The van der Waals surface area contributed by atoms with E-state index in [0.29, 0.717) is 15.8 Å². The van der Waals surface area contributed by atoms with Crippen LogP contribution in [0.4, 0.5) is 0 Å². The molecule has 0 saturated carbocycles. The van der Waals surface area contributed by atoms with Gasteiger partial charge in [-0.25, -0.2) is 5.43 Å². The third kappa shape index (κ3) is 6.58. The van der Waals surface area contributed by atoms with E-state index in [4.69, 9.17) is 27.9 Å². The fourth-order valence-corrected chi connectivity index (χ4v) is 2.52. The molecule has 0 bridgehead atoms. The Hall–Kier alpha value is -2.57. The van der Waals surface area contributed by atoms with Crippen molar-refractivity contribution in [3.05, 3.63) is 63.6 Å². The van der Waals surface area contributed by atoms with Gasteiger partial charge in [-0.1, -0.05) is 47.5 Å². The summed E-state index contributed by atoms with van der Waals surface area (Å²) in [5.41, 5.74) is 4.29. The molecule has 0 spiro atoms. The largest absolute Gasteiger partial charge is 0.479 e. The maximum absolute atomic E-state index is 12.0. The van der Waals surface area contributed by atoms with Crippen LogP contribution in [0, 0.1) is 6.92 Å². The van der Waals surface area contributed by atoms with Crippen molar-refractivity contribution in [3.8, 4) is 5.75 Å². The van der Waals surface area contributed by atoms with Crippen molar-refractivity contribution >= 4 is 41.2 Å². The highest BCUT2D eigenvalue weighted by molar-refractivity contribution is 6.35. The van der Waals surface area contributed by atoms with E-state index in [1.54, 1.807) is 25.3 Å². The molecule has 6 nitrogen and oxygen atoms in total. The Labute approximate surface area is 167 Å². The zero-order chi connectivity index (χ0) is 19.8. The summed E-state index contributed by atoms with van der Waals surface area (Å²) in [4.78, 5) is 23.8. The summed E-state index contributed by atoms with van der Waals surface area (Å²) in [6, 6.07) is 12.3. The Balaban J connectivity index is 1.78. The van der Waals surface area contributed by atoms with Gasteiger partial charge in [0.05, 0.1) is 17.8 Å². The summed E-state index contributed by atoms with van der Waals surface area (Å²) >= 11 is 11.8. The average molecular weight is 408 g/mol. The van der Waals surface area contributed by atoms with E-state index in [0.717, 1.165) is 11.1 Å². The number of carbonyl (C=O) groups is 2. The summed E-state index contributed by atoms with van der Waals surface area (Å²) in [6.45, 7) is 3.26. The smallest absolute Gasteiger partial charge is 0.261 e. The molecule has 2 aromatic rings. The van der Waals surface area contributed by atoms with Gasteiger partial charge in [0.15, 0.2) is 6.10 Å². The number of aryl methyl sites for hydroxylation is 1. The van der Waals surface area contributed by atoms with Crippen LogP contribution in [0.15, 0.2) is 47.6 Å². The second-order valence-corrected chi connectivity index (χ2v) is 6.55. The SMILES string of the molecule is Cc1ccccc1/C=N\NC(=O)CNC(=O)[C@H](C)Oc1ccc(Cl)cc1Cl. The summed E-state index contributed by atoms with van der Waals surface area (Å²) in [5, 5.41) is 7.11. The molecule has 0 aliphatic rings. The number of benzene rings is 2. The Morgan fingerprint density at radius 1 is 1.22 bits per heavy atom. The minimum atomic E-state index is -0.841. The third-order valence-electron chi connectivity index (χ3n) is 3.57. The standard InChI is InChI=1S/C19H19Cl2N3O3/c1-12-5-3-4-6-14(12)10-23-24-18(25)11-22-19(26)13(2)27-17-8-7-15(20)9-16(17)21/h3-10,13H,11H2,1-2H3,(H,22,26)(H,24,25)/b23-10-/t13-/m0/s1. The number of carbonyl (C=O) groups excluding carboxylic acids is 2. The zero-order valence-corrected chi connectivity index (χ0v) is 16.3. The maximum atomic E-state index is 12.0. The summed E-state index contributed by atoms with van der Waals surface area (Å²) in [6.07, 6.45) is 0.704. The molecule has 0 heterocycles. The number of amides is 2. The number of hydrazone groups is 1. The van der Waals surface area contributed by atoms with Gasteiger partial charge in [-0.3, -0.25) is 9.59 Å². The van der Waals surface area contributed by atoms with Crippen LogP contribution < -0.4 is 15.5 Å². The molecule has 8 heteroatoms. The van der Waals surface area contributed by atoms with Crippen molar-refractivity contribution < 1.29 is 14.3 Å². The van der Waals surface area contributed by atoms with E-state index >= 15 is 0 Å². The number of hydrogen-bond acceptors (Lipinski definition) is 4. The number of nitrogens with zero attached hydrogens (tertiary/aromatic N) is 1. The van der Waals surface area contributed by atoms with Gasteiger partial charge in [0.25, 0.3) is 11.8 Å². The molecule has 1 atom stereocenters. The molecule has 0 aliphatic carbocycles. The van der Waals surface area contributed by atoms with Gasteiger partial charge < -0.3 is 10.1 Å². The first kappa shape index (κ1) is 20.7. The van der Waals surface area contributed by atoms with E-state index in [1.807, 2.05) is 31.2 Å². The maximum Gasteiger partial charge on any atom is 0.261 e. The van der Waals surface area contributed by atoms with Gasteiger partial charge in [-0.2, -0.15) is 5.10 Å². The molecule has 0 saturated heterocycles. The quantitative estimate of drug-likeness (QED) is 0.545. The van der Waals surface area contributed by atoms with Gasteiger partial charge in [0.1, 0.15) is 5.75 Å². The monoisotopic (exact) mass is 407 g/mol. The Morgan fingerprint density at radius 2 is 1.96 bits per heavy atom. The second-order valence-electron chi connectivity index (χ2n) is 5.70. The highest BCUT2D eigenvalue weighted by Gasteiger charge is 2.17. The van der Waals surface area contributed by atoms with E-state index in [1.165, 1.54) is 6.07 Å². The number of nitrogens with one attached hydrogen (secondary N) is 2. The average Bonchev–Trinajstić information content (AvgIpc) is 2.63. The zero-order valence-electron chi connectivity index (χ0n) is 14.8. The second kappa shape index (κ2) is 9.94. The molecule has 2 N–H and O–H groups in total. The third-order valence-corrected chi connectivity index (χ3v) is 4.10. The summed E-state index contributed by atoms with van der Waals surface area (Å²) in [7, 11) is 0. The van der Waals surface area contributed by atoms with Crippen LogP contribution in [-0.4, -0.2) is 30.7 Å². The molecule has 142 valence electrons. The van der Waals surface area contributed by atoms with Crippen molar-refractivity contribution in [1.82, 2.24) is 10.7 Å².